The van der Waals surface area contributed by atoms with E-state index in [0.29, 0.717) is 25.8 Å². The van der Waals surface area contributed by atoms with Crippen LogP contribution in [-0.4, -0.2) is 54.9 Å². The van der Waals surface area contributed by atoms with Crippen molar-refractivity contribution in [2.75, 3.05) is 19.8 Å². The van der Waals surface area contributed by atoms with Gasteiger partial charge in [-0.25, -0.2) is 4.79 Å². The molecule has 0 unspecified atom stereocenters. The molecule has 0 spiro atoms. The number of nitrogens with one attached hydrogen (secondary N) is 3. The van der Waals surface area contributed by atoms with Gasteiger partial charge in [0.1, 0.15) is 6.04 Å². The predicted molar refractivity (Wildman–Crippen MR) is 128 cm³/mol. The molecule has 8 heteroatoms. The molecule has 1 aliphatic heterocycles. The molecule has 1 saturated heterocycles. The van der Waals surface area contributed by atoms with Crippen molar-refractivity contribution in [3.05, 3.63) is 71.8 Å². The number of aliphatic hydroxyl groups excluding tert-OH is 1. The highest BCUT2D eigenvalue weighted by atomic mass is 16.5. The van der Waals surface area contributed by atoms with Crippen LogP contribution in [0.1, 0.15) is 30.4 Å². The van der Waals surface area contributed by atoms with Gasteiger partial charge in [0.2, 0.25) is 11.8 Å². The lowest BCUT2D eigenvalue weighted by Crippen LogP contribution is -2.52. The monoisotopic (exact) mass is 467 g/mol. The van der Waals surface area contributed by atoms with E-state index in [1.807, 2.05) is 60.7 Å². The average Bonchev–Trinajstić information content (AvgIpc) is 3.26. The van der Waals surface area contributed by atoms with Crippen molar-refractivity contribution in [3.8, 4) is 0 Å². The zero-order chi connectivity index (χ0) is 24.2. The molecule has 0 radical (unpaired) electrons. The number of aryl methyl sites for hydroxylation is 1. The van der Waals surface area contributed by atoms with Gasteiger partial charge in [-0.1, -0.05) is 60.7 Å². The SMILES string of the molecule is O=C(N[C@@H](Cc1ccccc1)C(=O)N[C@H](CO)C[C@@H]1CCNC1=O)OCCCc1ccccc1. The lowest BCUT2D eigenvalue weighted by molar-refractivity contribution is -0.126. The summed E-state index contributed by atoms with van der Waals surface area (Å²) in [7, 11) is 0. The third-order valence-corrected chi connectivity index (χ3v) is 5.88. The molecule has 8 nitrogen and oxygen atoms in total. The molecule has 4 N–H and O–H groups in total. The summed E-state index contributed by atoms with van der Waals surface area (Å²) in [5.41, 5.74) is 2.04. The van der Waals surface area contributed by atoms with Crippen molar-refractivity contribution >= 4 is 17.9 Å². The Morgan fingerprint density at radius 1 is 1.03 bits per heavy atom. The lowest BCUT2D eigenvalue weighted by atomic mass is 9.98. The number of hydrogen-bond acceptors (Lipinski definition) is 5. The van der Waals surface area contributed by atoms with Crippen molar-refractivity contribution in [2.24, 2.45) is 5.92 Å². The first-order valence-corrected chi connectivity index (χ1v) is 11.7. The summed E-state index contributed by atoms with van der Waals surface area (Å²) in [4.78, 5) is 37.3. The van der Waals surface area contributed by atoms with E-state index >= 15 is 0 Å². The Bertz CT molecular complexity index is 923. The van der Waals surface area contributed by atoms with Crippen LogP contribution in [0, 0.1) is 5.92 Å². The minimum absolute atomic E-state index is 0.0641. The molecule has 182 valence electrons. The summed E-state index contributed by atoms with van der Waals surface area (Å²) >= 11 is 0. The summed E-state index contributed by atoms with van der Waals surface area (Å²) in [5, 5.41) is 18.0. The maximum atomic E-state index is 13.0. The second-order valence-electron chi connectivity index (χ2n) is 8.51. The molecule has 2 aromatic carbocycles. The summed E-state index contributed by atoms with van der Waals surface area (Å²) < 4.78 is 5.30. The quantitative estimate of drug-likeness (QED) is 0.356. The van der Waals surface area contributed by atoms with Gasteiger partial charge in [-0.2, -0.15) is 0 Å². The van der Waals surface area contributed by atoms with E-state index in [4.69, 9.17) is 4.74 Å². The number of hydrogen-bond donors (Lipinski definition) is 4. The van der Waals surface area contributed by atoms with Crippen molar-refractivity contribution in [1.82, 2.24) is 16.0 Å². The van der Waals surface area contributed by atoms with Crippen LogP contribution in [0.15, 0.2) is 60.7 Å². The Morgan fingerprint density at radius 2 is 1.71 bits per heavy atom. The van der Waals surface area contributed by atoms with Gasteiger partial charge in [-0.15, -0.1) is 0 Å². The maximum Gasteiger partial charge on any atom is 0.407 e. The number of carbonyl (C=O) groups is 3. The topological polar surface area (TPSA) is 117 Å². The first-order valence-electron chi connectivity index (χ1n) is 11.7. The summed E-state index contributed by atoms with van der Waals surface area (Å²) in [6.07, 6.45) is 2.08. The summed E-state index contributed by atoms with van der Waals surface area (Å²) in [6.45, 7) is 0.540. The van der Waals surface area contributed by atoms with Gasteiger partial charge in [0, 0.05) is 18.9 Å². The first kappa shape index (κ1) is 25.2. The molecule has 2 aromatic rings. The molecule has 3 rings (SSSR count). The van der Waals surface area contributed by atoms with Gasteiger partial charge in [0.25, 0.3) is 0 Å². The number of rotatable bonds is 12. The second kappa shape index (κ2) is 13.3. The highest BCUT2D eigenvalue weighted by Crippen LogP contribution is 2.16. The zero-order valence-electron chi connectivity index (χ0n) is 19.2. The van der Waals surface area contributed by atoms with Crippen LogP contribution in [0.3, 0.4) is 0 Å². The third kappa shape index (κ3) is 8.19. The number of ether oxygens (including phenoxy) is 1. The molecule has 3 atom stereocenters. The Balaban J connectivity index is 1.54. The molecule has 0 saturated carbocycles. The smallest absolute Gasteiger partial charge is 0.407 e. The Labute approximate surface area is 200 Å². The largest absolute Gasteiger partial charge is 0.450 e. The number of alkyl carbamates (subject to hydrolysis) is 1. The van der Waals surface area contributed by atoms with E-state index in [-0.39, 0.29) is 31.5 Å². The van der Waals surface area contributed by atoms with E-state index in [1.165, 1.54) is 5.56 Å². The Hall–Kier alpha value is -3.39. The normalized spacial score (nSPS) is 16.9. The third-order valence-electron chi connectivity index (χ3n) is 5.88. The molecular weight excluding hydrogens is 434 g/mol. The number of aliphatic hydroxyl groups is 1. The Morgan fingerprint density at radius 3 is 2.32 bits per heavy atom. The number of benzene rings is 2. The van der Waals surface area contributed by atoms with Gasteiger partial charge >= 0.3 is 6.09 Å². The van der Waals surface area contributed by atoms with Crippen LogP contribution in [-0.2, 0) is 27.2 Å². The standard InChI is InChI=1S/C26H33N3O5/c30-18-22(17-21-13-14-27-24(21)31)28-25(32)23(16-20-10-5-2-6-11-20)29-26(33)34-15-7-12-19-8-3-1-4-9-19/h1-6,8-11,21-23,30H,7,12-18H2,(H,27,31)(H,28,32)(H,29,33)/t21-,22-,23-/m0/s1. The summed E-state index contributed by atoms with van der Waals surface area (Å²) in [6, 6.07) is 17.8. The van der Waals surface area contributed by atoms with Crippen molar-refractivity contribution in [2.45, 2.75) is 44.2 Å². The minimum Gasteiger partial charge on any atom is -0.450 e. The van der Waals surface area contributed by atoms with Crippen molar-refractivity contribution < 1.29 is 24.2 Å². The molecule has 3 amide bonds. The van der Waals surface area contributed by atoms with Gasteiger partial charge in [0.05, 0.1) is 19.3 Å². The van der Waals surface area contributed by atoms with Crippen LogP contribution in [0.4, 0.5) is 4.79 Å². The average molecular weight is 468 g/mol. The highest BCUT2D eigenvalue weighted by molar-refractivity contribution is 5.86. The van der Waals surface area contributed by atoms with Gasteiger partial charge < -0.3 is 25.8 Å². The van der Waals surface area contributed by atoms with E-state index in [0.717, 1.165) is 12.0 Å². The minimum atomic E-state index is -0.879. The second-order valence-corrected chi connectivity index (χ2v) is 8.51. The molecule has 1 aliphatic rings. The maximum absolute atomic E-state index is 13.0. The van der Waals surface area contributed by atoms with Crippen LogP contribution < -0.4 is 16.0 Å². The fraction of sp³-hybridized carbons (Fsp3) is 0.423. The number of carbonyl (C=O) groups excluding carboxylic acids is 3. The molecule has 34 heavy (non-hydrogen) atoms. The van der Waals surface area contributed by atoms with E-state index in [9.17, 15) is 19.5 Å². The predicted octanol–water partition coefficient (Wildman–Crippen LogP) is 1.96. The summed E-state index contributed by atoms with van der Waals surface area (Å²) in [5.74, 6) is -0.735. The van der Waals surface area contributed by atoms with E-state index in [2.05, 4.69) is 16.0 Å². The molecule has 0 bridgehead atoms. The Kier molecular flexibility index (Phi) is 9.91. The zero-order valence-corrected chi connectivity index (χ0v) is 19.2. The van der Waals surface area contributed by atoms with Crippen LogP contribution in [0.25, 0.3) is 0 Å². The fourth-order valence-electron chi connectivity index (χ4n) is 4.02. The number of amides is 3. The van der Waals surface area contributed by atoms with Crippen LogP contribution >= 0.6 is 0 Å². The van der Waals surface area contributed by atoms with Crippen LogP contribution in [0.2, 0.25) is 0 Å². The molecule has 1 fully saturated rings. The van der Waals surface area contributed by atoms with Gasteiger partial charge in [-0.3, -0.25) is 9.59 Å². The van der Waals surface area contributed by atoms with E-state index < -0.39 is 24.1 Å². The lowest BCUT2D eigenvalue weighted by Gasteiger charge is -2.23. The van der Waals surface area contributed by atoms with Crippen LogP contribution in [0.5, 0.6) is 0 Å². The first-order chi connectivity index (χ1) is 16.5. The van der Waals surface area contributed by atoms with E-state index in [1.54, 1.807) is 0 Å². The highest BCUT2D eigenvalue weighted by Gasteiger charge is 2.29. The fourth-order valence-corrected chi connectivity index (χ4v) is 4.02. The van der Waals surface area contributed by atoms with Crippen molar-refractivity contribution in [1.29, 1.82) is 0 Å². The van der Waals surface area contributed by atoms with Crippen molar-refractivity contribution in [3.63, 3.8) is 0 Å². The molecule has 1 heterocycles. The molecule has 0 aromatic heterocycles. The molecular formula is C26H33N3O5. The van der Waals surface area contributed by atoms with Gasteiger partial charge in [-0.05, 0) is 36.8 Å². The molecule has 0 aliphatic carbocycles. The van der Waals surface area contributed by atoms with Gasteiger partial charge in [0.15, 0.2) is 0 Å².